The average Bonchev–Trinajstić information content (AvgIpc) is 2.98. The van der Waals surface area contributed by atoms with Gasteiger partial charge in [0.05, 0.1) is 10.6 Å². The molecule has 3 aromatic carbocycles. The molecule has 0 unspecified atom stereocenters. The van der Waals surface area contributed by atoms with Gasteiger partial charge in [-0.05, 0) is 68.5 Å². The summed E-state index contributed by atoms with van der Waals surface area (Å²) in [4.78, 5) is 29.5. The number of carbonyl (C=O) groups is 2. The fraction of sp³-hybridized carbons (Fsp3) is 0.394. The van der Waals surface area contributed by atoms with Crippen LogP contribution < -0.4 is 9.62 Å². The van der Waals surface area contributed by atoms with Gasteiger partial charge in [-0.2, -0.15) is 0 Å². The van der Waals surface area contributed by atoms with Crippen LogP contribution in [0.15, 0.2) is 77.7 Å². The van der Waals surface area contributed by atoms with Crippen LogP contribution >= 0.6 is 11.6 Å². The molecule has 3 aromatic rings. The van der Waals surface area contributed by atoms with Crippen LogP contribution in [0.1, 0.15) is 62.1 Å². The molecule has 1 aliphatic carbocycles. The summed E-state index contributed by atoms with van der Waals surface area (Å²) in [5.74, 6) is -0.680. The molecule has 1 saturated carbocycles. The van der Waals surface area contributed by atoms with Crippen molar-refractivity contribution in [1.82, 2.24) is 10.2 Å². The average molecular weight is 610 g/mol. The number of hydrogen-bond acceptors (Lipinski definition) is 4. The van der Waals surface area contributed by atoms with Gasteiger partial charge < -0.3 is 10.2 Å². The van der Waals surface area contributed by atoms with E-state index in [1.165, 1.54) is 17.0 Å². The highest BCUT2D eigenvalue weighted by Crippen LogP contribution is 2.30. The molecule has 1 atom stereocenters. The van der Waals surface area contributed by atoms with E-state index in [9.17, 15) is 18.0 Å². The number of amides is 2. The Hall–Kier alpha value is -3.36. The van der Waals surface area contributed by atoms with Crippen LogP contribution in [-0.2, 0) is 26.2 Å². The Bertz CT molecular complexity index is 1470. The first-order chi connectivity index (χ1) is 20.1. The Morgan fingerprint density at radius 1 is 0.952 bits per heavy atom. The van der Waals surface area contributed by atoms with Crippen LogP contribution in [0.2, 0.25) is 5.02 Å². The summed E-state index contributed by atoms with van der Waals surface area (Å²) in [6.45, 7) is 5.21. The lowest BCUT2D eigenvalue weighted by Gasteiger charge is -2.34. The number of anilines is 1. The lowest BCUT2D eigenvalue weighted by atomic mass is 9.95. The normalized spacial score (nSPS) is 14.7. The second kappa shape index (κ2) is 14.2. The van der Waals surface area contributed by atoms with E-state index in [1.54, 1.807) is 37.3 Å². The van der Waals surface area contributed by atoms with Gasteiger partial charge in [0, 0.05) is 17.6 Å². The molecular formula is C33H40ClN3O4S. The molecule has 7 nitrogen and oxygen atoms in total. The van der Waals surface area contributed by atoms with Crippen molar-refractivity contribution < 1.29 is 18.0 Å². The van der Waals surface area contributed by atoms with E-state index >= 15 is 0 Å². The summed E-state index contributed by atoms with van der Waals surface area (Å²) in [5.41, 5.74) is 2.73. The number of hydrogen-bond donors (Lipinski definition) is 1. The van der Waals surface area contributed by atoms with Crippen molar-refractivity contribution in [2.24, 2.45) is 0 Å². The molecule has 9 heteroatoms. The Morgan fingerprint density at radius 2 is 1.62 bits per heavy atom. The molecule has 224 valence electrons. The van der Waals surface area contributed by atoms with E-state index < -0.39 is 28.5 Å². The highest BCUT2D eigenvalue weighted by molar-refractivity contribution is 7.92. The van der Waals surface area contributed by atoms with Gasteiger partial charge >= 0.3 is 0 Å². The predicted molar refractivity (Wildman–Crippen MR) is 168 cm³/mol. The highest BCUT2D eigenvalue weighted by Gasteiger charge is 2.35. The third-order valence-electron chi connectivity index (χ3n) is 7.86. The second-order valence-corrected chi connectivity index (χ2v) is 13.3. The van der Waals surface area contributed by atoms with Gasteiger partial charge in [-0.25, -0.2) is 8.42 Å². The summed E-state index contributed by atoms with van der Waals surface area (Å²) in [6, 6.07) is 20.3. The lowest BCUT2D eigenvalue weighted by molar-refractivity contribution is -0.140. The van der Waals surface area contributed by atoms with E-state index in [1.807, 2.05) is 44.2 Å². The highest BCUT2D eigenvalue weighted by atomic mass is 35.5. The number of benzene rings is 3. The number of carbonyl (C=O) groups excluding carboxylic acids is 2. The topological polar surface area (TPSA) is 86.8 Å². The van der Waals surface area contributed by atoms with E-state index in [2.05, 4.69) is 5.32 Å². The van der Waals surface area contributed by atoms with Crippen LogP contribution in [-0.4, -0.2) is 43.8 Å². The molecule has 0 heterocycles. The summed E-state index contributed by atoms with van der Waals surface area (Å²) < 4.78 is 29.3. The van der Waals surface area contributed by atoms with Gasteiger partial charge in [0.15, 0.2) is 0 Å². The molecule has 0 radical (unpaired) electrons. The van der Waals surface area contributed by atoms with Gasteiger partial charge in [0.1, 0.15) is 12.6 Å². The van der Waals surface area contributed by atoms with Crippen LogP contribution in [0.5, 0.6) is 0 Å². The molecule has 1 N–H and O–H groups in total. The van der Waals surface area contributed by atoms with Gasteiger partial charge in [-0.3, -0.25) is 13.9 Å². The maximum atomic E-state index is 14.3. The molecule has 0 bridgehead atoms. The fourth-order valence-electron chi connectivity index (χ4n) is 5.45. The molecule has 4 rings (SSSR count). The van der Waals surface area contributed by atoms with Crippen molar-refractivity contribution in [3.63, 3.8) is 0 Å². The van der Waals surface area contributed by atoms with Crippen LogP contribution in [0.3, 0.4) is 0 Å². The van der Waals surface area contributed by atoms with Crippen molar-refractivity contribution in [2.75, 3.05) is 10.8 Å². The van der Waals surface area contributed by atoms with Gasteiger partial charge in [-0.15, -0.1) is 0 Å². The van der Waals surface area contributed by atoms with Crippen molar-refractivity contribution in [3.05, 3.63) is 94.5 Å². The summed E-state index contributed by atoms with van der Waals surface area (Å²) in [7, 11) is -4.16. The number of nitrogens with zero attached hydrogens (tertiary/aromatic N) is 2. The number of aryl methyl sites for hydroxylation is 2. The van der Waals surface area contributed by atoms with E-state index in [4.69, 9.17) is 11.6 Å². The number of sulfonamides is 1. The first-order valence-corrected chi connectivity index (χ1v) is 16.4. The number of halogens is 1. The van der Waals surface area contributed by atoms with Gasteiger partial charge in [-0.1, -0.05) is 91.9 Å². The smallest absolute Gasteiger partial charge is 0.264 e. The molecule has 1 aliphatic rings. The Morgan fingerprint density at radius 3 is 2.26 bits per heavy atom. The number of rotatable bonds is 11. The minimum Gasteiger partial charge on any atom is -0.352 e. The Labute approximate surface area is 254 Å². The fourth-order valence-corrected chi connectivity index (χ4v) is 7.08. The van der Waals surface area contributed by atoms with Crippen molar-refractivity contribution in [2.45, 2.75) is 82.8 Å². The predicted octanol–water partition coefficient (Wildman–Crippen LogP) is 6.41. The van der Waals surface area contributed by atoms with Crippen molar-refractivity contribution in [1.29, 1.82) is 0 Å². The third kappa shape index (κ3) is 7.72. The van der Waals surface area contributed by atoms with Crippen LogP contribution in [0, 0.1) is 13.8 Å². The molecule has 0 aromatic heterocycles. The second-order valence-electron chi connectivity index (χ2n) is 11.0. The van der Waals surface area contributed by atoms with Gasteiger partial charge in [0.2, 0.25) is 11.8 Å². The molecule has 42 heavy (non-hydrogen) atoms. The quantitative estimate of drug-likeness (QED) is 0.272. The Balaban J connectivity index is 1.72. The van der Waals surface area contributed by atoms with Gasteiger partial charge in [0.25, 0.3) is 10.0 Å². The van der Waals surface area contributed by atoms with Crippen LogP contribution in [0.4, 0.5) is 5.69 Å². The van der Waals surface area contributed by atoms with Crippen LogP contribution in [0.25, 0.3) is 0 Å². The molecule has 0 spiro atoms. The largest absolute Gasteiger partial charge is 0.352 e. The molecule has 2 amide bonds. The standard InChI is InChI=1S/C33H40ClN3O4S/c1-4-30(33(39)35-28-13-9-6-10-14-28)36(22-26-11-7-5-8-12-26)32(38)23-37(31-21-27(34)18-17-25(31)3)42(40,41)29-19-15-24(2)16-20-29/h5,7-8,11-12,15-21,28,30H,4,6,9-10,13-14,22-23H2,1-3H3,(H,35,39)/t30-/m0/s1. The SMILES string of the molecule is CC[C@@H](C(=O)NC1CCCCC1)N(Cc1ccccc1)C(=O)CN(c1cc(Cl)ccc1C)S(=O)(=O)c1ccc(C)cc1. The maximum Gasteiger partial charge on any atom is 0.264 e. The molecule has 0 saturated heterocycles. The molecule has 0 aliphatic heterocycles. The zero-order valence-corrected chi connectivity index (χ0v) is 26.1. The van der Waals surface area contributed by atoms with E-state index in [0.717, 1.165) is 47.5 Å². The zero-order chi connectivity index (χ0) is 30.3. The molecule has 1 fully saturated rings. The third-order valence-corrected chi connectivity index (χ3v) is 9.87. The minimum atomic E-state index is -4.16. The summed E-state index contributed by atoms with van der Waals surface area (Å²) in [5, 5.41) is 3.53. The lowest BCUT2D eigenvalue weighted by Crippen LogP contribution is -2.54. The van der Waals surface area contributed by atoms with E-state index in [0.29, 0.717) is 22.7 Å². The van der Waals surface area contributed by atoms with Crippen molar-refractivity contribution >= 4 is 39.1 Å². The monoisotopic (exact) mass is 609 g/mol. The number of nitrogens with one attached hydrogen (secondary N) is 1. The van der Waals surface area contributed by atoms with Crippen molar-refractivity contribution in [3.8, 4) is 0 Å². The summed E-state index contributed by atoms with van der Waals surface area (Å²) >= 11 is 6.32. The minimum absolute atomic E-state index is 0.0666. The molecular weight excluding hydrogens is 570 g/mol. The first-order valence-electron chi connectivity index (χ1n) is 14.6. The van der Waals surface area contributed by atoms with E-state index in [-0.39, 0.29) is 23.4 Å². The Kier molecular flexibility index (Phi) is 10.7. The first kappa shape index (κ1) is 31.6. The summed E-state index contributed by atoms with van der Waals surface area (Å²) in [6.07, 6.45) is 5.53. The maximum absolute atomic E-state index is 14.3. The zero-order valence-electron chi connectivity index (χ0n) is 24.6.